The summed E-state index contributed by atoms with van der Waals surface area (Å²) >= 11 is 13.5. The number of carbonyl (C=O) groups is 1. The topological polar surface area (TPSA) is 48.3 Å². The summed E-state index contributed by atoms with van der Waals surface area (Å²) < 4.78 is 0. The summed E-state index contributed by atoms with van der Waals surface area (Å²) in [7, 11) is 3.98. The van der Waals surface area contributed by atoms with Crippen LogP contribution in [0, 0.1) is 0 Å². The van der Waals surface area contributed by atoms with Gasteiger partial charge in [-0.1, -0.05) is 59.2 Å². The van der Waals surface area contributed by atoms with Crippen LogP contribution in [0.3, 0.4) is 0 Å². The van der Waals surface area contributed by atoms with Crippen molar-refractivity contribution >= 4 is 57.9 Å². The number of rotatable bonds is 7. The first-order valence-corrected chi connectivity index (χ1v) is 10.9. The molecule has 1 aliphatic rings. The molecule has 0 unspecified atom stereocenters. The predicted octanol–water partition coefficient (Wildman–Crippen LogP) is 5.12. The zero-order chi connectivity index (χ0) is 21.7. The lowest BCUT2D eigenvalue weighted by Crippen LogP contribution is -2.32. The summed E-state index contributed by atoms with van der Waals surface area (Å²) in [5.41, 5.74) is 2.99. The minimum Gasteiger partial charge on any atom is -0.378 e. The van der Waals surface area contributed by atoms with E-state index in [1.54, 1.807) is 29.3 Å². The summed E-state index contributed by atoms with van der Waals surface area (Å²) in [6, 6.07) is 13.4. The normalized spacial score (nSPS) is 17.9. The van der Waals surface area contributed by atoms with Gasteiger partial charge >= 0.3 is 0 Å². The van der Waals surface area contributed by atoms with E-state index in [0.717, 1.165) is 16.8 Å². The standard InChI is InChI=1S/C22H22Cl2N4OS/c1-4-11-28-21(29)20(13-16-7-10-18(23)19(24)12-16)30-22(28)26-25-14-15-5-8-17(9-6-15)27(2)3/h4-10,12,14,20H,1,11,13H2,2-3H3/b25-14+,26-22+/t20-/m1/s1. The zero-order valence-corrected chi connectivity index (χ0v) is 19.1. The molecule has 1 amide bonds. The van der Waals surface area contributed by atoms with E-state index in [4.69, 9.17) is 23.2 Å². The lowest BCUT2D eigenvalue weighted by Gasteiger charge is -2.13. The Bertz CT molecular complexity index is 989. The van der Waals surface area contributed by atoms with E-state index in [1.807, 2.05) is 49.3 Å². The maximum Gasteiger partial charge on any atom is 0.242 e. The van der Waals surface area contributed by atoms with Gasteiger partial charge in [0.05, 0.1) is 21.5 Å². The molecule has 2 aromatic rings. The number of anilines is 1. The zero-order valence-electron chi connectivity index (χ0n) is 16.8. The Labute approximate surface area is 191 Å². The number of hydrogen-bond acceptors (Lipinski definition) is 5. The fraction of sp³-hybridized carbons (Fsp3) is 0.227. The van der Waals surface area contributed by atoms with E-state index in [9.17, 15) is 4.79 Å². The van der Waals surface area contributed by atoms with Crippen molar-refractivity contribution in [3.8, 4) is 0 Å². The molecule has 8 heteroatoms. The van der Waals surface area contributed by atoms with Crippen LogP contribution in [0.1, 0.15) is 11.1 Å². The van der Waals surface area contributed by atoms with Gasteiger partial charge in [-0.15, -0.1) is 11.7 Å². The van der Waals surface area contributed by atoms with Crippen LogP contribution in [0.2, 0.25) is 10.0 Å². The molecule has 0 N–H and O–H groups in total. The molecule has 1 fully saturated rings. The fourth-order valence-electron chi connectivity index (χ4n) is 2.90. The van der Waals surface area contributed by atoms with E-state index in [0.29, 0.717) is 28.2 Å². The number of carbonyl (C=O) groups excluding carboxylic acids is 1. The maximum atomic E-state index is 12.9. The monoisotopic (exact) mass is 460 g/mol. The third-order valence-electron chi connectivity index (χ3n) is 4.50. The van der Waals surface area contributed by atoms with E-state index in [2.05, 4.69) is 16.8 Å². The molecule has 0 aliphatic carbocycles. The minimum absolute atomic E-state index is 0.0183. The Balaban J connectivity index is 1.74. The van der Waals surface area contributed by atoms with Crippen molar-refractivity contribution in [2.75, 3.05) is 25.5 Å². The van der Waals surface area contributed by atoms with E-state index in [-0.39, 0.29) is 11.2 Å². The van der Waals surface area contributed by atoms with Gasteiger partial charge in [-0.25, -0.2) is 0 Å². The second-order valence-corrected chi connectivity index (χ2v) is 8.89. The average Bonchev–Trinajstić information content (AvgIpc) is 3.00. The largest absolute Gasteiger partial charge is 0.378 e. The quantitative estimate of drug-likeness (QED) is 0.327. The number of nitrogens with zero attached hydrogens (tertiary/aromatic N) is 4. The second-order valence-electron chi connectivity index (χ2n) is 6.91. The van der Waals surface area contributed by atoms with Crippen LogP contribution in [0.25, 0.3) is 0 Å². The van der Waals surface area contributed by atoms with Gasteiger partial charge in [0.25, 0.3) is 0 Å². The van der Waals surface area contributed by atoms with Crippen LogP contribution >= 0.6 is 35.0 Å². The lowest BCUT2D eigenvalue weighted by atomic mass is 10.1. The highest BCUT2D eigenvalue weighted by atomic mass is 35.5. The Morgan fingerprint density at radius 3 is 2.53 bits per heavy atom. The summed E-state index contributed by atoms with van der Waals surface area (Å²) in [6.07, 6.45) is 3.89. The Kier molecular flexibility index (Phi) is 7.58. The van der Waals surface area contributed by atoms with E-state index >= 15 is 0 Å². The molecule has 0 spiro atoms. The number of halogens is 2. The highest BCUT2D eigenvalue weighted by molar-refractivity contribution is 8.15. The third-order valence-corrected chi connectivity index (χ3v) is 6.40. The van der Waals surface area contributed by atoms with Gasteiger partial charge in [-0.2, -0.15) is 5.10 Å². The van der Waals surface area contributed by atoms with Crippen molar-refractivity contribution in [2.24, 2.45) is 10.2 Å². The molecular formula is C22H22Cl2N4OS. The maximum absolute atomic E-state index is 12.9. The van der Waals surface area contributed by atoms with Crippen LogP contribution in [0.15, 0.2) is 65.3 Å². The molecule has 1 atom stereocenters. The second kappa shape index (κ2) is 10.2. The number of amides is 1. The molecule has 0 radical (unpaired) electrons. The van der Waals surface area contributed by atoms with Gasteiger partial charge in [-0.05, 0) is 41.8 Å². The van der Waals surface area contributed by atoms with Crippen LogP contribution in [-0.4, -0.2) is 48.1 Å². The molecule has 1 saturated heterocycles. The first kappa shape index (κ1) is 22.4. The van der Waals surface area contributed by atoms with Crippen LogP contribution < -0.4 is 4.90 Å². The SMILES string of the molecule is C=CCN1C(=O)[C@@H](Cc2ccc(Cl)c(Cl)c2)S/C1=N/N=C/c1ccc(N(C)C)cc1. The molecule has 156 valence electrons. The van der Waals surface area contributed by atoms with Crippen molar-refractivity contribution in [3.05, 3.63) is 76.3 Å². The van der Waals surface area contributed by atoms with Gasteiger partial charge in [0, 0.05) is 26.3 Å². The van der Waals surface area contributed by atoms with Crippen LogP contribution in [0.5, 0.6) is 0 Å². The number of thioether (sulfide) groups is 1. The van der Waals surface area contributed by atoms with Crippen molar-refractivity contribution < 1.29 is 4.79 Å². The van der Waals surface area contributed by atoms with Gasteiger partial charge in [-0.3, -0.25) is 9.69 Å². The first-order valence-electron chi connectivity index (χ1n) is 9.30. The minimum atomic E-state index is -0.296. The number of amidine groups is 1. The average molecular weight is 461 g/mol. The summed E-state index contributed by atoms with van der Waals surface area (Å²) in [4.78, 5) is 16.5. The van der Waals surface area contributed by atoms with Gasteiger partial charge < -0.3 is 4.90 Å². The van der Waals surface area contributed by atoms with Gasteiger partial charge in [0.2, 0.25) is 5.91 Å². The lowest BCUT2D eigenvalue weighted by molar-refractivity contribution is -0.125. The first-order chi connectivity index (χ1) is 14.4. The fourth-order valence-corrected chi connectivity index (χ4v) is 4.36. The molecule has 5 nitrogen and oxygen atoms in total. The molecule has 1 aliphatic heterocycles. The predicted molar refractivity (Wildman–Crippen MR) is 129 cm³/mol. The highest BCUT2D eigenvalue weighted by Gasteiger charge is 2.37. The molecule has 3 rings (SSSR count). The van der Waals surface area contributed by atoms with Crippen molar-refractivity contribution in [2.45, 2.75) is 11.7 Å². The van der Waals surface area contributed by atoms with E-state index < -0.39 is 0 Å². The molecule has 30 heavy (non-hydrogen) atoms. The van der Waals surface area contributed by atoms with Crippen molar-refractivity contribution in [1.29, 1.82) is 0 Å². The molecule has 0 bridgehead atoms. The third kappa shape index (κ3) is 5.45. The van der Waals surface area contributed by atoms with Crippen LogP contribution in [-0.2, 0) is 11.2 Å². The molecular weight excluding hydrogens is 439 g/mol. The number of hydrogen-bond donors (Lipinski definition) is 0. The number of benzene rings is 2. The smallest absolute Gasteiger partial charge is 0.242 e. The molecule has 0 aromatic heterocycles. The Morgan fingerprint density at radius 2 is 1.90 bits per heavy atom. The Hall–Kier alpha value is -2.28. The van der Waals surface area contributed by atoms with Crippen molar-refractivity contribution in [1.82, 2.24) is 4.90 Å². The van der Waals surface area contributed by atoms with Crippen molar-refractivity contribution in [3.63, 3.8) is 0 Å². The Morgan fingerprint density at radius 1 is 1.17 bits per heavy atom. The molecule has 2 aromatic carbocycles. The summed E-state index contributed by atoms with van der Waals surface area (Å²) in [5.74, 6) is -0.0183. The molecule has 1 heterocycles. The summed E-state index contributed by atoms with van der Waals surface area (Å²) in [6.45, 7) is 4.13. The van der Waals surface area contributed by atoms with Gasteiger partial charge in [0.1, 0.15) is 0 Å². The van der Waals surface area contributed by atoms with E-state index in [1.165, 1.54) is 11.8 Å². The molecule has 0 saturated carbocycles. The van der Waals surface area contributed by atoms with Crippen LogP contribution in [0.4, 0.5) is 5.69 Å². The van der Waals surface area contributed by atoms with Gasteiger partial charge in [0.15, 0.2) is 5.17 Å². The highest BCUT2D eigenvalue weighted by Crippen LogP contribution is 2.31. The summed E-state index contributed by atoms with van der Waals surface area (Å²) in [5, 5.41) is 9.73.